The van der Waals surface area contributed by atoms with Gasteiger partial charge in [-0.3, -0.25) is 0 Å². The summed E-state index contributed by atoms with van der Waals surface area (Å²) in [6.07, 6.45) is 5.00. The Bertz CT molecular complexity index is 1420. The number of likely N-dealkylation sites (tertiary alicyclic amines) is 1. The third-order valence-electron chi connectivity index (χ3n) is 6.83. The number of carbonyl (C=O) groups excluding carboxylic acids is 2. The zero-order valence-electron chi connectivity index (χ0n) is 25.0. The molecule has 4 rings (SSSR count). The molecule has 0 aromatic heterocycles. The fourth-order valence-electron chi connectivity index (χ4n) is 4.68. The van der Waals surface area contributed by atoms with Crippen LogP contribution in [0.2, 0.25) is 0 Å². The van der Waals surface area contributed by atoms with Gasteiger partial charge in [-0.05, 0) is 68.1 Å². The van der Waals surface area contributed by atoms with Crippen molar-refractivity contribution in [3.05, 3.63) is 107 Å². The van der Waals surface area contributed by atoms with Gasteiger partial charge in [0.2, 0.25) is 0 Å². The lowest BCUT2D eigenvalue weighted by molar-refractivity contribution is 0.0513. The Kier molecular flexibility index (Phi) is 10.8. The van der Waals surface area contributed by atoms with E-state index in [0.717, 1.165) is 35.3 Å². The van der Waals surface area contributed by atoms with E-state index in [1.54, 1.807) is 17.0 Å². The number of nitrogens with zero attached hydrogens (tertiary/aromatic N) is 2. The second kappa shape index (κ2) is 14.9. The monoisotopic (exact) mass is 581 g/mol. The SMILES string of the molecule is CC(C)(C)OC(=O)N[C@H](C=Cc1cccc(C#N)c1)Cc1ccc(OC2CCN(C(=O)OCc3ccccc3)CC2)cc1. The van der Waals surface area contributed by atoms with Crippen LogP contribution in [0, 0.1) is 11.3 Å². The molecule has 0 bridgehead atoms. The molecule has 3 aromatic carbocycles. The zero-order chi connectivity index (χ0) is 30.7. The lowest BCUT2D eigenvalue weighted by Crippen LogP contribution is -2.42. The summed E-state index contributed by atoms with van der Waals surface area (Å²) in [7, 11) is 0. The Hall–Kier alpha value is -4.77. The van der Waals surface area contributed by atoms with Crippen molar-refractivity contribution in [1.82, 2.24) is 10.2 Å². The van der Waals surface area contributed by atoms with Gasteiger partial charge in [0, 0.05) is 25.9 Å². The van der Waals surface area contributed by atoms with Gasteiger partial charge in [0.15, 0.2) is 0 Å². The highest BCUT2D eigenvalue weighted by Crippen LogP contribution is 2.21. The van der Waals surface area contributed by atoms with Crippen LogP contribution in [-0.2, 0) is 22.5 Å². The van der Waals surface area contributed by atoms with Crippen LogP contribution in [0.25, 0.3) is 6.08 Å². The first-order valence-electron chi connectivity index (χ1n) is 14.6. The van der Waals surface area contributed by atoms with Crippen LogP contribution in [0.3, 0.4) is 0 Å². The number of alkyl carbamates (subject to hydrolysis) is 1. The predicted octanol–water partition coefficient (Wildman–Crippen LogP) is 6.89. The van der Waals surface area contributed by atoms with Crippen molar-refractivity contribution < 1.29 is 23.8 Å². The number of nitriles is 1. The van der Waals surface area contributed by atoms with Gasteiger partial charge in [0.1, 0.15) is 24.1 Å². The van der Waals surface area contributed by atoms with Crippen LogP contribution < -0.4 is 10.1 Å². The summed E-state index contributed by atoms with van der Waals surface area (Å²) in [5.41, 5.74) is 2.81. The number of carbonyl (C=O) groups is 2. The Labute approximate surface area is 253 Å². The molecule has 43 heavy (non-hydrogen) atoms. The van der Waals surface area contributed by atoms with Gasteiger partial charge in [-0.1, -0.05) is 66.7 Å². The minimum absolute atomic E-state index is 0.0118. The van der Waals surface area contributed by atoms with E-state index >= 15 is 0 Å². The highest BCUT2D eigenvalue weighted by Gasteiger charge is 2.25. The van der Waals surface area contributed by atoms with Crippen molar-refractivity contribution in [3.63, 3.8) is 0 Å². The van der Waals surface area contributed by atoms with E-state index in [0.29, 0.717) is 25.1 Å². The summed E-state index contributed by atoms with van der Waals surface area (Å²) in [4.78, 5) is 26.7. The number of piperidine rings is 1. The molecule has 0 spiro atoms. The molecule has 1 atom stereocenters. The molecule has 2 amide bonds. The quantitative estimate of drug-likeness (QED) is 0.295. The maximum absolute atomic E-state index is 12.6. The van der Waals surface area contributed by atoms with Crippen molar-refractivity contribution in [3.8, 4) is 11.8 Å². The molecule has 224 valence electrons. The number of hydrogen-bond acceptors (Lipinski definition) is 6. The molecular formula is C35H39N3O5. The third kappa shape index (κ3) is 10.5. The normalized spacial score (nSPS) is 14.5. The van der Waals surface area contributed by atoms with Crippen LogP contribution in [0.15, 0.2) is 84.9 Å². The molecule has 0 aliphatic carbocycles. The maximum atomic E-state index is 12.6. The zero-order valence-corrected chi connectivity index (χ0v) is 25.0. The number of benzene rings is 3. The summed E-state index contributed by atoms with van der Waals surface area (Å²) >= 11 is 0. The van der Waals surface area contributed by atoms with Crippen LogP contribution in [-0.4, -0.2) is 47.9 Å². The average Bonchev–Trinajstić information content (AvgIpc) is 2.99. The molecule has 1 aliphatic rings. The fourth-order valence-corrected chi connectivity index (χ4v) is 4.68. The molecule has 0 saturated carbocycles. The number of nitrogens with one attached hydrogen (secondary N) is 1. The van der Waals surface area contributed by atoms with Crippen LogP contribution in [0.4, 0.5) is 9.59 Å². The Morgan fingerprint density at radius 1 is 1.00 bits per heavy atom. The Morgan fingerprint density at radius 2 is 1.72 bits per heavy atom. The smallest absolute Gasteiger partial charge is 0.410 e. The van der Waals surface area contributed by atoms with Gasteiger partial charge in [-0.15, -0.1) is 0 Å². The second-order valence-electron chi connectivity index (χ2n) is 11.5. The van der Waals surface area contributed by atoms with Gasteiger partial charge in [0.05, 0.1) is 17.7 Å². The predicted molar refractivity (Wildman–Crippen MR) is 165 cm³/mol. The van der Waals surface area contributed by atoms with Crippen molar-refractivity contribution in [2.24, 2.45) is 0 Å². The molecule has 0 radical (unpaired) electrons. The molecule has 3 aromatic rings. The van der Waals surface area contributed by atoms with Crippen molar-refractivity contribution in [2.75, 3.05) is 13.1 Å². The third-order valence-corrected chi connectivity index (χ3v) is 6.83. The summed E-state index contributed by atoms with van der Waals surface area (Å²) in [5, 5.41) is 12.1. The van der Waals surface area contributed by atoms with E-state index in [2.05, 4.69) is 11.4 Å². The van der Waals surface area contributed by atoms with Gasteiger partial charge >= 0.3 is 12.2 Å². The summed E-state index contributed by atoms with van der Waals surface area (Å²) in [6, 6.07) is 26.6. The molecule has 1 fully saturated rings. The highest BCUT2D eigenvalue weighted by atomic mass is 16.6. The maximum Gasteiger partial charge on any atom is 0.410 e. The van der Waals surface area contributed by atoms with E-state index in [1.165, 1.54) is 0 Å². The first-order valence-corrected chi connectivity index (χ1v) is 14.6. The first-order chi connectivity index (χ1) is 20.7. The molecule has 1 heterocycles. The van der Waals surface area contributed by atoms with Crippen LogP contribution in [0.1, 0.15) is 55.9 Å². The van der Waals surface area contributed by atoms with Gasteiger partial charge in [-0.2, -0.15) is 5.26 Å². The minimum atomic E-state index is -0.614. The number of ether oxygens (including phenoxy) is 3. The van der Waals surface area contributed by atoms with Gasteiger partial charge < -0.3 is 24.4 Å². The van der Waals surface area contributed by atoms with Gasteiger partial charge in [0.25, 0.3) is 0 Å². The summed E-state index contributed by atoms with van der Waals surface area (Å²) < 4.78 is 17.1. The van der Waals surface area contributed by atoms with Crippen LogP contribution in [0.5, 0.6) is 5.75 Å². The molecule has 1 saturated heterocycles. The van der Waals surface area contributed by atoms with E-state index in [4.69, 9.17) is 14.2 Å². The fraction of sp³-hybridized carbons (Fsp3) is 0.343. The van der Waals surface area contributed by atoms with E-state index < -0.39 is 11.7 Å². The standard InChI is InChI=1S/C35H39N3O5/c1-35(2,3)43-33(39)37-30(15-12-26-10-7-11-29(22-26)24-36)23-27-13-16-31(17-14-27)42-32-18-20-38(21-19-32)34(40)41-25-28-8-5-4-6-9-28/h4-17,22,30,32H,18-21,23,25H2,1-3H3,(H,37,39)/t30-/m1/s1. The van der Waals surface area contributed by atoms with E-state index in [9.17, 15) is 14.9 Å². The van der Waals surface area contributed by atoms with E-state index in [1.807, 2.05) is 99.7 Å². The average molecular weight is 582 g/mol. The topological polar surface area (TPSA) is 101 Å². The molecular weight excluding hydrogens is 542 g/mol. The Morgan fingerprint density at radius 3 is 2.40 bits per heavy atom. The lowest BCUT2D eigenvalue weighted by atomic mass is 10.0. The molecule has 0 unspecified atom stereocenters. The second-order valence-corrected chi connectivity index (χ2v) is 11.5. The van der Waals surface area contributed by atoms with E-state index in [-0.39, 0.29) is 24.8 Å². The number of rotatable bonds is 9. The molecule has 1 N–H and O–H groups in total. The lowest BCUT2D eigenvalue weighted by Gasteiger charge is -2.31. The van der Waals surface area contributed by atoms with Crippen molar-refractivity contribution in [1.29, 1.82) is 5.26 Å². The largest absolute Gasteiger partial charge is 0.490 e. The summed E-state index contributed by atoms with van der Waals surface area (Å²) in [6.45, 7) is 6.90. The van der Waals surface area contributed by atoms with Crippen LogP contribution >= 0.6 is 0 Å². The Balaban J connectivity index is 1.30. The van der Waals surface area contributed by atoms with Crippen molar-refractivity contribution >= 4 is 18.3 Å². The molecule has 8 heteroatoms. The molecule has 8 nitrogen and oxygen atoms in total. The van der Waals surface area contributed by atoms with Gasteiger partial charge in [-0.25, -0.2) is 9.59 Å². The van der Waals surface area contributed by atoms with Crippen molar-refractivity contribution in [2.45, 2.75) is 64.4 Å². The highest BCUT2D eigenvalue weighted by molar-refractivity contribution is 5.69. The number of hydrogen-bond donors (Lipinski definition) is 1. The molecule has 1 aliphatic heterocycles. The first kappa shape index (κ1) is 31.2. The number of amides is 2. The summed E-state index contributed by atoms with van der Waals surface area (Å²) in [5.74, 6) is 0.759. The minimum Gasteiger partial charge on any atom is -0.490 e.